The number of hydrogen-bond donors (Lipinski definition) is 1. The van der Waals surface area contributed by atoms with E-state index in [1.165, 1.54) is 26.0 Å². The maximum absolute atomic E-state index is 12.0. The molecule has 102 valence electrons. The Morgan fingerprint density at radius 2 is 1.95 bits per heavy atom. The highest BCUT2D eigenvalue weighted by molar-refractivity contribution is 7.98. The van der Waals surface area contributed by atoms with Gasteiger partial charge in [0.2, 0.25) is 0 Å². The van der Waals surface area contributed by atoms with Crippen molar-refractivity contribution in [3.05, 3.63) is 28.8 Å². The Bertz CT molecular complexity index is 695. The molecule has 0 aliphatic carbocycles. The predicted molar refractivity (Wildman–Crippen MR) is 68.9 cm³/mol. The molecular weight excluding hydrogens is 294 g/mol. The van der Waals surface area contributed by atoms with Crippen LogP contribution in [0.5, 0.6) is 0 Å². The van der Waals surface area contributed by atoms with Crippen LogP contribution < -0.4 is 4.31 Å². The zero-order valence-electron chi connectivity index (χ0n) is 10.0. The van der Waals surface area contributed by atoms with E-state index in [9.17, 15) is 18.0 Å². The molecule has 1 aliphatic rings. The van der Waals surface area contributed by atoms with E-state index in [2.05, 4.69) is 0 Å². The first kappa shape index (κ1) is 13.8. The van der Waals surface area contributed by atoms with Crippen LogP contribution in [0, 0.1) is 0 Å². The minimum Gasteiger partial charge on any atom is -0.478 e. The molecule has 0 radical (unpaired) electrons. The van der Waals surface area contributed by atoms with Gasteiger partial charge >= 0.3 is 5.97 Å². The number of carbonyl (C=O) groups excluding carboxylic acids is 1. The number of carboxylic acids is 1. The number of hydrogen-bond acceptors (Lipinski definition) is 4. The number of aromatic carboxylic acids is 1. The van der Waals surface area contributed by atoms with Crippen LogP contribution in [0.3, 0.4) is 0 Å². The number of halogens is 1. The van der Waals surface area contributed by atoms with Crippen molar-refractivity contribution in [2.45, 2.75) is 18.6 Å². The lowest BCUT2D eigenvalue weighted by atomic mass is 10.1. The van der Waals surface area contributed by atoms with E-state index in [1.807, 2.05) is 0 Å². The van der Waals surface area contributed by atoms with Crippen molar-refractivity contribution in [2.75, 3.05) is 4.31 Å². The minimum absolute atomic E-state index is 0.0221. The Morgan fingerprint density at radius 1 is 1.37 bits per heavy atom. The van der Waals surface area contributed by atoms with Crippen LogP contribution in [-0.2, 0) is 14.8 Å². The van der Waals surface area contributed by atoms with Gasteiger partial charge in [0.15, 0.2) is 4.75 Å². The molecular formula is C11H10ClNO5S. The first-order valence-corrected chi connectivity index (χ1v) is 7.04. The van der Waals surface area contributed by atoms with Crippen LogP contribution >= 0.6 is 11.6 Å². The van der Waals surface area contributed by atoms with Crippen molar-refractivity contribution in [1.82, 2.24) is 0 Å². The zero-order valence-corrected chi connectivity index (χ0v) is 11.6. The third-order valence-electron chi connectivity index (χ3n) is 3.00. The smallest absolute Gasteiger partial charge is 0.337 e. The van der Waals surface area contributed by atoms with Gasteiger partial charge in [0.05, 0.1) is 16.3 Å². The highest BCUT2D eigenvalue weighted by atomic mass is 35.5. The fraction of sp³-hybridized carbons (Fsp3) is 0.273. The number of sulfonamides is 1. The topological polar surface area (TPSA) is 91.8 Å². The van der Waals surface area contributed by atoms with Gasteiger partial charge < -0.3 is 5.11 Å². The summed E-state index contributed by atoms with van der Waals surface area (Å²) in [7, 11) is -3.81. The molecule has 0 bridgehead atoms. The summed E-state index contributed by atoms with van der Waals surface area (Å²) in [5, 5.41) is 8.90. The van der Waals surface area contributed by atoms with Gasteiger partial charge in [-0.05, 0) is 32.0 Å². The third-order valence-corrected chi connectivity index (χ3v) is 5.65. The summed E-state index contributed by atoms with van der Waals surface area (Å²) in [6.45, 7) is 2.60. The van der Waals surface area contributed by atoms with Crippen molar-refractivity contribution in [3.8, 4) is 0 Å². The number of carbonyl (C=O) groups is 2. The molecule has 1 saturated heterocycles. The third kappa shape index (κ3) is 1.73. The lowest BCUT2D eigenvalue weighted by Gasteiger charge is -2.42. The Hall–Kier alpha value is -1.60. The molecule has 1 heterocycles. The molecule has 0 aromatic heterocycles. The summed E-state index contributed by atoms with van der Waals surface area (Å²) in [5.41, 5.74) is -0.280. The van der Waals surface area contributed by atoms with E-state index in [0.29, 0.717) is 4.31 Å². The summed E-state index contributed by atoms with van der Waals surface area (Å²) in [6, 6.07) is 3.60. The first-order valence-electron chi connectivity index (χ1n) is 5.23. The molecule has 8 heteroatoms. The van der Waals surface area contributed by atoms with Crippen LogP contribution in [0.15, 0.2) is 18.2 Å². The molecule has 6 nitrogen and oxygen atoms in total. The summed E-state index contributed by atoms with van der Waals surface area (Å²) >= 11 is 5.69. The number of carboxylic acid groups (broad SMARTS) is 1. The highest BCUT2D eigenvalue weighted by Gasteiger charge is 2.60. The Labute approximate surface area is 114 Å². The second kappa shape index (κ2) is 3.94. The predicted octanol–water partition coefficient (Wildman–Crippen LogP) is 1.49. The maximum Gasteiger partial charge on any atom is 0.337 e. The lowest BCUT2D eigenvalue weighted by Crippen LogP contribution is -2.67. The number of anilines is 1. The average Bonchev–Trinajstić information content (AvgIpc) is 2.30. The Balaban J connectivity index is 2.54. The fourth-order valence-electron chi connectivity index (χ4n) is 1.71. The van der Waals surface area contributed by atoms with Crippen molar-refractivity contribution < 1.29 is 23.1 Å². The van der Waals surface area contributed by atoms with Crippen molar-refractivity contribution in [1.29, 1.82) is 0 Å². The largest absolute Gasteiger partial charge is 0.478 e. The Morgan fingerprint density at radius 3 is 2.42 bits per heavy atom. The molecule has 0 unspecified atom stereocenters. The van der Waals surface area contributed by atoms with E-state index in [4.69, 9.17) is 16.7 Å². The fourth-order valence-corrected chi connectivity index (χ4v) is 3.38. The van der Waals surface area contributed by atoms with Crippen molar-refractivity contribution >= 4 is 39.2 Å². The first-order chi connectivity index (χ1) is 8.60. The number of nitrogens with zero attached hydrogens (tertiary/aromatic N) is 1. The van der Waals surface area contributed by atoms with Crippen LogP contribution in [0.1, 0.15) is 24.2 Å². The van der Waals surface area contributed by atoms with Crippen LogP contribution in [-0.4, -0.2) is 30.1 Å². The molecule has 0 spiro atoms. The van der Waals surface area contributed by atoms with E-state index in [-0.39, 0.29) is 16.3 Å². The van der Waals surface area contributed by atoms with Crippen molar-refractivity contribution in [2.24, 2.45) is 0 Å². The van der Waals surface area contributed by atoms with Crippen LogP contribution in [0.4, 0.5) is 5.69 Å². The van der Waals surface area contributed by atoms with Gasteiger partial charge in [-0.1, -0.05) is 11.6 Å². The summed E-state index contributed by atoms with van der Waals surface area (Å²) in [6.07, 6.45) is 0. The van der Waals surface area contributed by atoms with Gasteiger partial charge in [-0.15, -0.1) is 0 Å². The standard InChI is InChI=1S/C11H10ClNO5S/c1-11(2)10(16)13(19(11,17)18)6-3-4-8(12)7(5-6)9(14)15/h3-5H,1-2H3,(H,14,15). The lowest BCUT2D eigenvalue weighted by molar-refractivity contribution is -0.120. The zero-order chi connectivity index (χ0) is 14.6. The number of benzene rings is 1. The van der Waals surface area contributed by atoms with E-state index < -0.39 is 26.6 Å². The van der Waals surface area contributed by atoms with Gasteiger partial charge in [0.1, 0.15) is 0 Å². The molecule has 1 N–H and O–H groups in total. The van der Waals surface area contributed by atoms with Crippen LogP contribution in [0.2, 0.25) is 5.02 Å². The molecule has 1 aromatic rings. The van der Waals surface area contributed by atoms with Gasteiger partial charge in [-0.3, -0.25) is 4.79 Å². The number of rotatable bonds is 2. The molecule has 2 rings (SSSR count). The molecule has 1 aliphatic heterocycles. The molecule has 1 aromatic carbocycles. The quantitative estimate of drug-likeness (QED) is 0.893. The highest BCUT2D eigenvalue weighted by Crippen LogP contribution is 2.39. The summed E-state index contributed by atoms with van der Waals surface area (Å²) in [5.74, 6) is -1.90. The van der Waals surface area contributed by atoms with Gasteiger partial charge in [-0.25, -0.2) is 17.5 Å². The van der Waals surface area contributed by atoms with Gasteiger partial charge in [0.25, 0.3) is 15.9 Å². The SMILES string of the molecule is CC1(C)C(=O)N(c2ccc(Cl)c(C(=O)O)c2)S1(=O)=O. The minimum atomic E-state index is -3.81. The second-order valence-corrected chi connectivity index (χ2v) is 7.30. The van der Waals surface area contributed by atoms with Gasteiger partial charge in [0, 0.05) is 0 Å². The molecule has 1 fully saturated rings. The number of amides is 1. The van der Waals surface area contributed by atoms with Gasteiger partial charge in [-0.2, -0.15) is 0 Å². The Kier molecular flexibility index (Phi) is 2.87. The monoisotopic (exact) mass is 303 g/mol. The second-order valence-electron chi connectivity index (χ2n) is 4.55. The normalized spacial score (nSPS) is 19.9. The maximum atomic E-state index is 12.0. The van der Waals surface area contributed by atoms with Crippen LogP contribution in [0.25, 0.3) is 0 Å². The van der Waals surface area contributed by atoms with E-state index in [1.54, 1.807) is 0 Å². The van der Waals surface area contributed by atoms with E-state index in [0.717, 1.165) is 6.07 Å². The average molecular weight is 304 g/mol. The molecule has 0 atom stereocenters. The molecule has 1 amide bonds. The summed E-state index contributed by atoms with van der Waals surface area (Å²) in [4.78, 5) is 22.8. The summed E-state index contributed by atoms with van der Waals surface area (Å²) < 4.78 is 23.0. The van der Waals surface area contributed by atoms with E-state index >= 15 is 0 Å². The molecule has 0 saturated carbocycles. The van der Waals surface area contributed by atoms with Crippen molar-refractivity contribution in [3.63, 3.8) is 0 Å². The molecule has 19 heavy (non-hydrogen) atoms.